The first-order valence-corrected chi connectivity index (χ1v) is 8.55. The predicted molar refractivity (Wildman–Crippen MR) is 84.5 cm³/mol. The fourth-order valence-electron chi connectivity index (χ4n) is 1.91. The van der Waals surface area contributed by atoms with Crippen molar-refractivity contribution in [1.82, 2.24) is 9.27 Å². The summed E-state index contributed by atoms with van der Waals surface area (Å²) in [6.45, 7) is 8.32. The van der Waals surface area contributed by atoms with Crippen LogP contribution in [0.15, 0.2) is 0 Å². The molecule has 3 N–H and O–H groups in total. The summed E-state index contributed by atoms with van der Waals surface area (Å²) in [6, 6.07) is 0. The summed E-state index contributed by atoms with van der Waals surface area (Å²) in [6.07, 6.45) is 0.110. The van der Waals surface area contributed by atoms with Gasteiger partial charge in [0.25, 0.3) is 0 Å². The second-order valence-electron chi connectivity index (χ2n) is 4.77. The number of ether oxygens (including phenoxy) is 1. The zero-order valence-corrected chi connectivity index (χ0v) is 13.1. The summed E-state index contributed by atoms with van der Waals surface area (Å²) in [5.74, 6) is 3.68. The van der Waals surface area contributed by atoms with Crippen molar-refractivity contribution >= 4 is 34.1 Å². The smallest absolute Gasteiger partial charge is 0.197 e. The van der Waals surface area contributed by atoms with Crippen molar-refractivity contribution < 1.29 is 4.74 Å². The van der Waals surface area contributed by atoms with E-state index in [9.17, 15) is 0 Å². The third-order valence-electron chi connectivity index (χ3n) is 2.84. The van der Waals surface area contributed by atoms with Crippen molar-refractivity contribution in [3.8, 4) is 5.75 Å². The Hall–Kier alpha value is -0.660. The van der Waals surface area contributed by atoms with Gasteiger partial charge in [0.15, 0.2) is 16.6 Å². The van der Waals surface area contributed by atoms with Crippen LogP contribution in [0.25, 0.3) is 0 Å². The second kappa shape index (κ2) is 7.21. The van der Waals surface area contributed by atoms with E-state index in [-0.39, 0.29) is 6.10 Å². The molecule has 0 saturated carbocycles. The van der Waals surface area contributed by atoms with E-state index in [0.717, 1.165) is 18.1 Å². The molecule has 1 aromatic rings. The largest absolute Gasteiger partial charge is 0.484 e. The van der Waals surface area contributed by atoms with Gasteiger partial charge in [0, 0.05) is 37.7 Å². The second-order valence-corrected chi connectivity index (χ2v) is 6.77. The van der Waals surface area contributed by atoms with E-state index in [1.54, 1.807) is 0 Å². The van der Waals surface area contributed by atoms with Gasteiger partial charge in [-0.25, -0.2) is 0 Å². The first-order valence-electron chi connectivity index (χ1n) is 6.62. The molecule has 0 aromatic carbocycles. The number of hydrogen-bond donors (Lipinski definition) is 2. The Morgan fingerprint density at radius 3 is 2.84 bits per heavy atom. The zero-order chi connectivity index (χ0) is 13.7. The van der Waals surface area contributed by atoms with E-state index in [1.807, 2.05) is 25.6 Å². The first-order chi connectivity index (χ1) is 9.16. The van der Waals surface area contributed by atoms with E-state index in [2.05, 4.69) is 14.6 Å². The average molecular weight is 302 g/mol. The van der Waals surface area contributed by atoms with Crippen molar-refractivity contribution in [3.05, 3.63) is 0 Å². The van der Waals surface area contributed by atoms with Crippen LogP contribution in [-0.2, 0) is 0 Å². The summed E-state index contributed by atoms with van der Waals surface area (Å²) < 4.78 is 9.85. The fourth-order valence-corrected chi connectivity index (χ4v) is 3.56. The summed E-state index contributed by atoms with van der Waals surface area (Å²) in [7, 11) is 0. The average Bonchev–Trinajstić information content (AvgIpc) is 2.72. The van der Waals surface area contributed by atoms with Crippen LogP contribution >= 0.6 is 23.3 Å². The molecule has 1 saturated heterocycles. The third kappa shape index (κ3) is 4.43. The van der Waals surface area contributed by atoms with Crippen molar-refractivity contribution in [2.24, 2.45) is 0 Å². The third-order valence-corrected chi connectivity index (χ3v) is 4.59. The van der Waals surface area contributed by atoms with Gasteiger partial charge >= 0.3 is 0 Å². The molecule has 1 aliphatic heterocycles. The molecule has 2 heterocycles. The number of nitrogen functional groups attached to an aromatic ring is 1. The number of anilines is 2. The lowest BCUT2D eigenvalue weighted by Crippen LogP contribution is -2.36. The van der Waals surface area contributed by atoms with Gasteiger partial charge < -0.3 is 15.8 Å². The highest BCUT2D eigenvalue weighted by atomic mass is 32.2. The van der Waals surface area contributed by atoms with Gasteiger partial charge in [-0.1, -0.05) is 0 Å². The molecule has 0 bridgehead atoms. The number of nitrogens with two attached hydrogens (primary N) is 1. The minimum Gasteiger partial charge on any atom is -0.484 e. The number of thioether (sulfide) groups is 1. The van der Waals surface area contributed by atoms with E-state index in [0.29, 0.717) is 11.6 Å². The van der Waals surface area contributed by atoms with E-state index in [4.69, 9.17) is 10.5 Å². The maximum atomic E-state index is 5.83. The maximum Gasteiger partial charge on any atom is 0.197 e. The number of nitrogens with one attached hydrogen (secondary N) is 1. The molecule has 0 atom stereocenters. The Balaban J connectivity index is 1.81. The van der Waals surface area contributed by atoms with Crippen LogP contribution in [0.1, 0.15) is 13.8 Å². The number of hydrogen-bond acceptors (Lipinski definition) is 7. The molecule has 5 nitrogen and oxygen atoms in total. The Morgan fingerprint density at radius 1 is 1.42 bits per heavy atom. The molecule has 108 valence electrons. The molecule has 0 unspecified atom stereocenters. The predicted octanol–water partition coefficient (Wildman–Crippen LogP) is 1.97. The molecule has 7 heteroatoms. The lowest BCUT2D eigenvalue weighted by Gasteiger charge is -2.26. The Kier molecular flexibility index (Phi) is 5.59. The monoisotopic (exact) mass is 302 g/mol. The summed E-state index contributed by atoms with van der Waals surface area (Å²) in [5.41, 5.74) is 5.83. The van der Waals surface area contributed by atoms with Crippen LogP contribution in [0.3, 0.4) is 0 Å². The first kappa shape index (κ1) is 14.7. The van der Waals surface area contributed by atoms with Gasteiger partial charge in [-0.15, -0.1) is 0 Å². The minimum atomic E-state index is 0.110. The molecular formula is C12H22N4OS2. The lowest BCUT2D eigenvalue weighted by molar-refractivity contribution is 0.245. The van der Waals surface area contributed by atoms with Crippen LogP contribution in [0.4, 0.5) is 10.8 Å². The fraction of sp³-hybridized carbons (Fsp3) is 0.750. The van der Waals surface area contributed by atoms with E-state index in [1.165, 1.54) is 36.1 Å². The van der Waals surface area contributed by atoms with Gasteiger partial charge in [0.05, 0.1) is 6.10 Å². The van der Waals surface area contributed by atoms with Crippen LogP contribution in [0.5, 0.6) is 5.75 Å². The summed E-state index contributed by atoms with van der Waals surface area (Å²) in [4.78, 5) is 2.48. The topological polar surface area (TPSA) is 63.4 Å². The highest BCUT2D eigenvalue weighted by Crippen LogP contribution is 2.35. The van der Waals surface area contributed by atoms with Crippen molar-refractivity contribution in [2.75, 3.05) is 48.7 Å². The van der Waals surface area contributed by atoms with Crippen LogP contribution in [0, 0.1) is 0 Å². The molecule has 0 radical (unpaired) electrons. The SMILES string of the molecule is CC(C)Oc1c(N)nsc1NCCN1CCSCC1. The molecule has 2 rings (SSSR count). The van der Waals surface area contributed by atoms with Crippen molar-refractivity contribution in [1.29, 1.82) is 0 Å². The van der Waals surface area contributed by atoms with Crippen molar-refractivity contribution in [2.45, 2.75) is 20.0 Å². The minimum absolute atomic E-state index is 0.110. The summed E-state index contributed by atoms with van der Waals surface area (Å²) >= 11 is 3.41. The molecule has 0 amide bonds. The zero-order valence-electron chi connectivity index (χ0n) is 11.5. The highest BCUT2D eigenvalue weighted by molar-refractivity contribution is 7.99. The van der Waals surface area contributed by atoms with Crippen LogP contribution < -0.4 is 15.8 Å². The molecule has 0 spiro atoms. The van der Waals surface area contributed by atoms with Gasteiger partial charge in [-0.05, 0) is 25.4 Å². The molecule has 1 aliphatic rings. The van der Waals surface area contributed by atoms with Gasteiger partial charge in [-0.3, -0.25) is 4.90 Å². The highest BCUT2D eigenvalue weighted by Gasteiger charge is 2.15. The van der Waals surface area contributed by atoms with Crippen molar-refractivity contribution in [3.63, 3.8) is 0 Å². The summed E-state index contributed by atoms with van der Waals surface area (Å²) in [5, 5.41) is 4.33. The van der Waals surface area contributed by atoms with Gasteiger partial charge in [0.2, 0.25) is 0 Å². The number of aromatic nitrogens is 1. The normalized spacial score (nSPS) is 16.8. The molecule has 1 fully saturated rings. The lowest BCUT2D eigenvalue weighted by atomic mass is 10.4. The Labute approximate surface area is 123 Å². The molecule has 1 aromatic heterocycles. The quantitative estimate of drug-likeness (QED) is 0.838. The Morgan fingerprint density at radius 2 is 2.16 bits per heavy atom. The maximum absolute atomic E-state index is 5.83. The van der Waals surface area contributed by atoms with Gasteiger partial charge in [-0.2, -0.15) is 16.1 Å². The molecular weight excluding hydrogens is 280 g/mol. The Bertz CT molecular complexity index is 391. The van der Waals surface area contributed by atoms with E-state index < -0.39 is 0 Å². The molecule has 19 heavy (non-hydrogen) atoms. The van der Waals surface area contributed by atoms with E-state index >= 15 is 0 Å². The standard InChI is InChI=1S/C12H22N4OS2/c1-9(2)17-10-11(13)15-19-12(10)14-3-4-16-5-7-18-8-6-16/h9,14H,3-8H2,1-2H3,(H2,13,15). The van der Waals surface area contributed by atoms with Crippen LogP contribution in [0.2, 0.25) is 0 Å². The van der Waals surface area contributed by atoms with Crippen LogP contribution in [-0.4, -0.2) is 53.1 Å². The number of rotatable bonds is 6. The molecule has 0 aliphatic carbocycles. The number of nitrogens with zero attached hydrogens (tertiary/aromatic N) is 2. The van der Waals surface area contributed by atoms with Gasteiger partial charge in [0.1, 0.15) is 0 Å².